The first-order chi connectivity index (χ1) is 11.6. The molecule has 0 saturated heterocycles. The van der Waals surface area contributed by atoms with E-state index in [9.17, 15) is 0 Å². The van der Waals surface area contributed by atoms with Gasteiger partial charge >= 0.3 is 0 Å². The first-order valence-corrected chi connectivity index (χ1v) is 8.91. The normalized spacial score (nSPS) is 14.0. The Bertz CT molecular complexity index is 678. The molecule has 4 nitrogen and oxygen atoms in total. The fourth-order valence-electron chi connectivity index (χ4n) is 2.74. The molecule has 1 saturated carbocycles. The van der Waals surface area contributed by atoms with E-state index in [1.165, 1.54) is 18.4 Å². The van der Waals surface area contributed by atoms with Gasteiger partial charge in [0.1, 0.15) is 5.75 Å². The number of nitrogens with zero attached hydrogens (tertiary/aromatic N) is 3. The predicted molar refractivity (Wildman–Crippen MR) is 98.2 cm³/mol. The van der Waals surface area contributed by atoms with Crippen LogP contribution in [0.3, 0.4) is 0 Å². The van der Waals surface area contributed by atoms with Gasteiger partial charge in [0, 0.05) is 24.6 Å². The molecule has 1 aliphatic carbocycles. The van der Waals surface area contributed by atoms with E-state index in [2.05, 4.69) is 53.8 Å². The third-order valence-electron chi connectivity index (χ3n) is 4.42. The van der Waals surface area contributed by atoms with E-state index in [0.717, 1.165) is 42.0 Å². The minimum atomic E-state index is 0.414. The first-order valence-electron chi connectivity index (χ1n) is 8.91. The summed E-state index contributed by atoms with van der Waals surface area (Å²) in [5.41, 5.74) is 3.43. The largest absolute Gasteiger partial charge is 0.493 e. The zero-order chi connectivity index (χ0) is 17.1. The summed E-state index contributed by atoms with van der Waals surface area (Å²) in [4.78, 5) is 11.1. The molecule has 0 radical (unpaired) electrons. The third kappa shape index (κ3) is 3.86. The Balaban J connectivity index is 1.87. The van der Waals surface area contributed by atoms with Crippen LogP contribution in [0.2, 0.25) is 0 Å². The molecule has 1 aliphatic rings. The zero-order valence-corrected chi connectivity index (χ0v) is 15.1. The highest BCUT2D eigenvalue weighted by atomic mass is 16.5. The summed E-state index contributed by atoms with van der Waals surface area (Å²) in [6, 6.07) is 6.43. The van der Waals surface area contributed by atoms with Crippen molar-refractivity contribution in [1.29, 1.82) is 0 Å². The second-order valence-electron chi connectivity index (χ2n) is 6.94. The molecule has 0 spiro atoms. The Morgan fingerprint density at radius 3 is 2.50 bits per heavy atom. The van der Waals surface area contributed by atoms with Crippen LogP contribution in [0.15, 0.2) is 30.6 Å². The van der Waals surface area contributed by atoms with Gasteiger partial charge in [0.15, 0.2) is 0 Å². The van der Waals surface area contributed by atoms with E-state index in [0.29, 0.717) is 5.92 Å². The van der Waals surface area contributed by atoms with Crippen molar-refractivity contribution in [2.45, 2.75) is 46.5 Å². The van der Waals surface area contributed by atoms with Gasteiger partial charge in [-0.15, -0.1) is 0 Å². The van der Waals surface area contributed by atoms with Gasteiger partial charge in [0.05, 0.1) is 6.61 Å². The Hall–Kier alpha value is -2.10. The third-order valence-corrected chi connectivity index (χ3v) is 4.42. The quantitative estimate of drug-likeness (QED) is 0.729. The average molecular weight is 325 g/mol. The molecule has 2 aromatic rings. The number of aromatic nitrogens is 2. The number of anilines is 2. The maximum Gasteiger partial charge on any atom is 0.229 e. The van der Waals surface area contributed by atoms with E-state index >= 15 is 0 Å². The lowest BCUT2D eigenvalue weighted by Crippen LogP contribution is -2.19. The fraction of sp³-hybridized carbons (Fsp3) is 0.500. The van der Waals surface area contributed by atoms with Gasteiger partial charge in [-0.25, -0.2) is 9.97 Å². The van der Waals surface area contributed by atoms with Crippen LogP contribution >= 0.6 is 0 Å². The fourth-order valence-corrected chi connectivity index (χ4v) is 2.74. The van der Waals surface area contributed by atoms with E-state index in [1.807, 2.05) is 19.3 Å². The summed E-state index contributed by atoms with van der Waals surface area (Å²) in [6.07, 6.45) is 6.34. The molecule has 0 N–H and O–H groups in total. The van der Waals surface area contributed by atoms with Crippen LogP contribution in [0.4, 0.5) is 11.6 Å². The van der Waals surface area contributed by atoms with Gasteiger partial charge in [-0.3, -0.25) is 0 Å². The van der Waals surface area contributed by atoms with Crippen LogP contribution in [-0.4, -0.2) is 23.1 Å². The van der Waals surface area contributed by atoms with E-state index < -0.39 is 0 Å². The standard InChI is InChI=1S/C20H27N3O/c1-5-23(20-21-11-15(4)12-22-20)17-8-9-19(18(10-17)14(2)3)24-13-16-6-7-16/h8-12,14,16H,5-7,13H2,1-4H3. The summed E-state index contributed by atoms with van der Waals surface area (Å²) in [5.74, 6) is 2.93. The Kier molecular flexibility index (Phi) is 5.03. The van der Waals surface area contributed by atoms with Crippen LogP contribution in [0.5, 0.6) is 5.75 Å². The second-order valence-corrected chi connectivity index (χ2v) is 6.94. The minimum Gasteiger partial charge on any atom is -0.493 e. The molecule has 1 fully saturated rings. The van der Waals surface area contributed by atoms with E-state index in [1.54, 1.807) is 0 Å². The highest BCUT2D eigenvalue weighted by Crippen LogP contribution is 2.35. The lowest BCUT2D eigenvalue weighted by molar-refractivity contribution is 0.296. The summed E-state index contributed by atoms with van der Waals surface area (Å²) in [6.45, 7) is 10.2. The average Bonchev–Trinajstić information content (AvgIpc) is 3.40. The summed E-state index contributed by atoms with van der Waals surface area (Å²) in [5, 5.41) is 0. The summed E-state index contributed by atoms with van der Waals surface area (Å²) in [7, 11) is 0. The lowest BCUT2D eigenvalue weighted by atomic mass is 10.0. The highest BCUT2D eigenvalue weighted by Gasteiger charge is 2.23. The molecule has 0 aliphatic heterocycles. The molecule has 3 rings (SSSR count). The molecule has 0 atom stereocenters. The van der Waals surface area contributed by atoms with Crippen molar-refractivity contribution in [1.82, 2.24) is 9.97 Å². The molecule has 1 aromatic heterocycles. The van der Waals surface area contributed by atoms with Crippen LogP contribution in [0, 0.1) is 12.8 Å². The molecule has 0 unspecified atom stereocenters. The number of hydrogen-bond acceptors (Lipinski definition) is 4. The van der Waals surface area contributed by atoms with Crippen molar-refractivity contribution in [3.63, 3.8) is 0 Å². The van der Waals surface area contributed by atoms with Gasteiger partial charge < -0.3 is 9.64 Å². The number of hydrogen-bond donors (Lipinski definition) is 0. The first kappa shape index (κ1) is 16.7. The van der Waals surface area contributed by atoms with Crippen molar-refractivity contribution in [3.05, 3.63) is 41.7 Å². The maximum atomic E-state index is 6.06. The Morgan fingerprint density at radius 1 is 1.21 bits per heavy atom. The molecule has 24 heavy (non-hydrogen) atoms. The molecular weight excluding hydrogens is 298 g/mol. The monoisotopic (exact) mass is 325 g/mol. The highest BCUT2D eigenvalue weighted by molar-refractivity contribution is 5.61. The van der Waals surface area contributed by atoms with Crippen LogP contribution < -0.4 is 9.64 Å². The van der Waals surface area contributed by atoms with E-state index in [4.69, 9.17) is 4.74 Å². The second kappa shape index (κ2) is 7.20. The van der Waals surface area contributed by atoms with Crippen LogP contribution in [0.1, 0.15) is 50.7 Å². The molecule has 0 bridgehead atoms. The van der Waals surface area contributed by atoms with Gasteiger partial charge in [-0.1, -0.05) is 13.8 Å². The topological polar surface area (TPSA) is 38.2 Å². The molecule has 4 heteroatoms. The lowest BCUT2D eigenvalue weighted by Gasteiger charge is -2.23. The molecule has 128 valence electrons. The number of rotatable bonds is 7. The molecule has 0 amide bonds. The number of aryl methyl sites for hydroxylation is 1. The number of benzene rings is 1. The summed E-state index contributed by atoms with van der Waals surface area (Å²) >= 11 is 0. The Morgan fingerprint density at radius 2 is 1.92 bits per heavy atom. The molecule has 1 aromatic carbocycles. The van der Waals surface area contributed by atoms with Crippen LogP contribution in [-0.2, 0) is 0 Å². The van der Waals surface area contributed by atoms with Crippen molar-refractivity contribution in [3.8, 4) is 5.75 Å². The SMILES string of the molecule is CCN(c1ccc(OCC2CC2)c(C(C)C)c1)c1ncc(C)cn1. The minimum absolute atomic E-state index is 0.414. The van der Waals surface area contributed by atoms with Gasteiger partial charge in [-0.05, 0) is 67.9 Å². The smallest absolute Gasteiger partial charge is 0.229 e. The molecular formula is C20H27N3O. The predicted octanol–water partition coefficient (Wildman–Crippen LogP) is 4.86. The maximum absolute atomic E-state index is 6.06. The van der Waals surface area contributed by atoms with Crippen molar-refractivity contribution >= 4 is 11.6 Å². The van der Waals surface area contributed by atoms with Gasteiger partial charge in [-0.2, -0.15) is 0 Å². The van der Waals surface area contributed by atoms with Gasteiger partial charge in [0.2, 0.25) is 5.95 Å². The molecule has 1 heterocycles. The summed E-state index contributed by atoms with van der Waals surface area (Å²) < 4.78 is 6.06. The Labute approximate surface area is 144 Å². The van der Waals surface area contributed by atoms with Crippen molar-refractivity contribution in [2.24, 2.45) is 5.92 Å². The van der Waals surface area contributed by atoms with Gasteiger partial charge in [0.25, 0.3) is 0 Å². The van der Waals surface area contributed by atoms with Crippen LogP contribution in [0.25, 0.3) is 0 Å². The number of ether oxygens (including phenoxy) is 1. The zero-order valence-electron chi connectivity index (χ0n) is 15.1. The van der Waals surface area contributed by atoms with E-state index in [-0.39, 0.29) is 0 Å². The van der Waals surface area contributed by atoms with Crippen molar-refractivity contribution < 1.29 is 4.74 Å². The van der Waals surface area contributed by atoms with Crippen molar-refractivity contribution in [2.75, 3.05) is 18.1 Å².